The molecule has 6 heteroatoms. The van der Waals surface area contributed by atoms with Gasteiger partial charge in [0.05, 0.1) is 22.9 Å². The molecule has 1 heterocycles. The Kier molecular flexibility index (Phi) is 4.21. The number of ether oxygens (including phenoxy) is 1. The quantitative estimate of drug-likeness (QED) is 0.694. The molecular weight excluding hydrogens is 316 g/mol. The number of hydrogen-bond donors (Lipinski definition) is 1. The molecule has 23 heavy (non-hydrogen) atoms. The standard InChI is InChI=1S/C17H15ClN2O3/c1-11-6-7-15-14(8-11)20(10-17(22)23-15)9-16(21)19-13-5-3-2-4-12(13)18/h2-8H,9-10H2,1H3,(H,19,21). The number of amides is 1. The summed E-state index contributed by atoms with van der Waals surface area (Å²) in [5.74, 6) is -0.162. The first-order chi connectivity index (χ1) is 11.0. The van der Waals surface area contributed by atoms with Crippen LogP contribution in [0.1, 0.15) is 5.56 Å². The average molecular weight is 331 g/mol. The number of esters is 1. The summed E-state index contributed by atoms with van der Waals surface area (Å²) in [6.45, 7) is 2.02. The first kappa shape index (κ1) is 15.4. The van der Waals surface area contributed by atoms with Crippen LogP contribution in [0.15, 0.2) is 42.5 Å². The summed E-state index contributed by atoms with van der Waals surface area (Å²) < 4.78 is 5.20. The molecule has 0 radical (unpaired) electrons. The molecule has 0 saturated heterocycles. The van der Waals surface area contributed by atoms with Crippen LogP contribution in [0, 0.1) is 6.92 Å². The second-order valence-corrected chi connectivity index (χ2v) is 5.74. The van der Waals surface area contributed by atoms with Gasteiger partial charge in [0.15, 0.2) is 5.75 Å². The fraction of sp³-hybridized carbons (Fsp3) is 0.176. The van der Waals surface area contributed by atoms with E-state index in [9.17, 15) is 9.59 Å². The van der Waals surface area contributed by atoms with E-state index in [4.69, 9.17) is 16.3 Å². The number of halogens is 1. The molecule has 5 nitrogen and oxygen atoms in total. The van der Waals surface area contributed by atoms with Crippen LogP contribution in [0.2, 0.25) is 5.02 Å². The SMILES string of the molecule is Cc1ccc2c(c1)N(CC(=O)Nc1ccccc1Cl)CC(=O)O2. The van der Waals surface area contributed by atoms with Crippen molar-refractivity contribution in [2.45, 2.75) is 6.92 Å². The van der Waals surface area contributed by atoms with Crippen LogP contribution in [0.3, 0.4) is 0 Å². The number of nitrogens with zero attached hydrogens (tertiary/aromatic N) is 1. The van der Waals surface area contributed by atoms with E-state index in [0.717, 1.165) is 11.3 Å². The van der Waals surface area contributed by atoms with E-state index in [1.165, 1.54) is 0 Å². The van der Waals surface area contributed by atoms with Gasteiger partial charge in [0.25, 0.3) is 0 Å². The van der Waals surface area contributed by atoms with E-state index < -0.39 is 0 Å². The Morgan fingerprint density at radius 1 is 1.30 bits per heavy atom. The molecule has 0 aliphatic carbocycles. The number of carbonyl (C=O) groups excluding carboxylic acids is 2. The third-order valence-corrected chi connectivity index (χ3v) is 3.81. The Bertz CT molecular complexity index is 776. The van der Waals surface area contributed by atoms with Gasteiger partial charge in [0.2, 0.25) is 5.91 Å². The predicted molar refractivity (Wildman–Crippen MR) is 89.1 cm³/mol. The second-order valence-electron chi connectivity index (χ2n) is 5.33. The number of nitrogens with one attached hydrogen (secondary N) is 1. The van der Waals surface area contributed by atoms with Crippen molar-refractivity contribution in [3.8, 4) is 5.75 Å². The lowest BCUT2D eigenvalue weighted by atomic mass is 10.1. The Balaban J connectivity index is 1.78. The normalized spacial score (nSPS) is 13.3. The molecular formula is C17H15ClN2O3. The molecule has 3 rings (SSSR count). The lowest BCUT2D eigenvalue weighted by molar-refractivity contribution is -0.133. The molecule has 1 aliphatic rings. The molecule has 1 N–H and O–H groups in total. The van der Waals surface area contributed by atoms with Gasteiger partial charge in [0.1, 0.15) is 6.54 Å². The number of aryl methyl sites for hydroxylation is 1. The Labute approximate surface area is 138 Å². The molecule has 0 fully saturated rings. The van der Waals surface area contributed by atoms with Crippen molar-refractivity contribution >= 4 is 34.9 Å². The van der Waals surface area contributed by atoms with Gasteiger partial charge in [-0.25, -0.2) is 4.79 Å². The van der Waals surface area contributed by atoms with Crippen molar-refractivity contribution in [3.63, 3.8) is 0 Å². The molecule has 0 aromatic heterocycles. The highest BCUT2D eigenvalue weighted by Gasteiger charge is 2.25. The van der Waals surface area contributed by atoms with Crippen molar-refractivity contribution in [1.82, 2.24) is 0 Å². The number of anilines is 2. The lowest BCUT2D eigenvalue weighted by Crippen LogP contribution is -2.41. The van der Waals surface area contributed by atoms with E-state index in [0.29, 0.717) is 16.5 Å². The molecule has 0 unspecified atom stereocenters. The highest BCUT2D eigenvalue weighted by Crippen LogP contribution is 2.32. The largest absolute Gasteiger partial charge is 0.423 e. The van der Waals surface area contributed by atoms with Gasteiger partial charge in [-0.05, 0) is 36.8 Å². The number of carbonyl (C=O) groups is 2. The number of rotatable bonds is 3. The van der Waals surface area contributed by atoms with Crippen molar-refractivity contribution in [3.05, 3.63) is 53.1 Å². The van der Waals surface area contributed by atoms with E-state index in [1.54, 1.807) is 35.2 Å². The van der Waals surface area contributed by atoms with E-state index >= 15 is 0 Å². The highest BCUT2D eigenvalue weighted by molar-refractivity contribution is 6.33. The highest BCUT2D eigenvalue weighted by atomic mass is 35.5. The van der Waals surface area contributed by atoms with E-state index in [-0.39, 0.29) is 25.0 Å². The summed E-state index contributed by atoms with van der Waals surface area (Å²) in [6.07, 6.45) is 0. The van der Waals surface area contributed by atoms with Crippen molar-refractivity contribution in [1.29, 1.82) is 0 Å². The van der Waals surface area contributed by atoms with Crippen molar-refractivity contribution < 1.29 is 14.3 Å². The molecule has 2 aromatic carbocycles. The zero-order chi connectivity index (χ0) is 16.4. The maximum atomic E-state index is 12.3. The topological polar surface area (TPSA) is 58.6 Å². The molecule has 0 atom stereocenters. The third-order valence-electron chi connectivity index (χ3n) is 3.48. The third kappa shape index (κ3) is 3.46. The minimum Gasteiger partial charge on any atom is -0.423 e. The second kappa shape index (κ2) is 6.30. The molecule has 1 aliphatic heterocycles. The summed E-state index contributed by atoms with van der Waals surface area (Å²) >= 11 is 6.03. The van der Waals surface area contributed by atoms with Gasteiger partial charge in [-0.3, -0.25) is 4.79 Å². The van der Waals surface area contributed by atoms with Crippen LogP contribution < -0.4 is 15.0 Å². The predicted octanol–water partition coefficient (Wildman–Crippen LogP) is 3.01. The van der Waals surface area contributed by atoms with Crippen LogP contribution >= 0.6 is 11.6 Å². The van der Waals surface area contributed by atoms with Gasteiger partial charge in [-0.2, -0.15) is 0 Å². The van der Waals surface area contributed by atoms with E-state index in [1.807, 2.05) is 19.1 Å². The van der Waals surface area contributed by atoms with Crippen molar-refractivity contribution in [2.24, 2.45) is 0 Å². The zero-order valence-corrected chi connectivity index (χ0v) is 13.3. The summed E-state index contributed by atoms with van der Waals surface area (Å²) in [5.41, 5.74) is 2.31. The molecule has 0 bridgehead atoms. The summed E-state index contributed by atoms with van der Waals surface area (Å²) in [6, 6.07) is 12.5. The summed E-state index contributed by atoms with van der Waals surface area (Å²) in [5, 5.41) is 3.22. The van der Waals surface area contributed by atoms with Crippen LogP contribution in [0.5, 0.6) is 5.75 Å². The van der Waals surface area contributed by atoms with Crippen molar-refractivity contribution in [2.75, 3.05) is 23.3 Å². The van der Waals surface area contributed by atoms with Crippen LogP contribution in [0.25, 0.3) is 0 Å². The lowest BCUT2D eigenvalue weighted by Gasteiger charge is -2.29. The Morgan fingerprint density at radius 2 is 2.09 bits per heavy atom. The zero-order valence-electron chi connectivity index (χ0n) is 12.5. The molecule has 2 aromatic rings. The first-order valence-corrected chi connectivity index (χ1v) is 7.51. The monoisotopic (exact) mass is 330 g/mol. The first-order valence-electron chi connectivity index (χ1n) is 7.13. The van der Waals surface area contributed by atoms with Gasteiger partial charge >= 0.3 is 5.97 Å². The van der Waals surface area contributed by atoms with Gasteiger partial charge in [-0.1, -0.05) is 29.8 Å². The van der Waals surface area contributed by atoms with Gasteiger partial charge < -0.3 is 15.0 Å². The molecule has 1 amide bonds. The van der Waals surface area contributed by atoms with Gasteiger partial charge in [-0.15, -0.1) is 0 Å². The number of benzene rings is 2. The van der Waals surface area contributed by atoms with Gasteiger partial charge in [0, 0.05) is 0 Å². The Hall–Kier alpha value is -2.53. The molecule has 118 valence electrons. The number of fused-ring (bicyclic) bond motifs is 1. The fourth-order valence-corrected chi connectivity index (χ4v) is 2.61. The minimum atomic E-state index is -0.383. The van der Waals surface area contributed by atoms with E-state index in [2.05, 4.69) is 5.32 Å². The fourth-order valence-electron chi connectivity index (χ4n) is 2.42. The van der Waals surface area contributed by atoms with Crippen LogP contribution in [0.4, 0.5) is 11.4 Å². The number of hydrogen-bond acceptors (Lipinski definition) is 4. The van der Waals surface area contributed by atoms with Crippen LogP contribution in [-0.2, 0) is 9.59 Å². The Morgan fingerprint density at radius 3 is 2.87 bits per heavy atom. The average Bonchev–Trinajstić information content (AvgIpc) is 2.50. The maximum absolute atomic E-state index is 12.3. The summed E-state index contributed by atoms with van der Waals surface area (Å²) in [7, 11) is 0. The minimum absolute atomic E-state index is 0.0341. The molecule has 0 saturated carbocycles. The maximum Gasteiger partial charge on any atom is 0.331 e. The smallest absolute Gasteiger partial charge is 0.331 e. The van der Waals surface area contributed by atoms with Crippen LogP contribution in [-0.4, -0.2) is 25.0 Å². The number of para-hydroxylation sites is 1. The summed E-state index contributed by atoms with van der Waals surface area (Å²) in [4.78, 5) is 25.7. The molecule has 0 spiro atoms.